The first-order chi connectivity index (χ1) is 12.8. The number of nitrogens with zero attached hydrogens (tertiary/aromatic N) is 5. The molecule has 0 bridgehead atoms. The average molecular weight is 420 g/mol. The van der Waals surface area contributed by atoms with Gasteiger partial charge in [-0.05, 0) is 18.2 Å². The molecular formula is C16H17ClF3N5OS. The van der Waals surface area contributed by atoms with Gasteiger partial charge in [0, 0.05) is 36.9 Å². The highest BCUT2D eigenvalue weighted by atomic mass is 35.5. The molecule has 6 nitrogen and oxygen atoms in total. The highest BCUT2D eigenvalue weighted by Crippen LogP contribution is 2.23. The first-order valence-electron chi connectivity index (χ1n) is 8.17. The molecule has 11 heteroatoms. The van der Waals surface area contributed by atoms with Crippen molar-refractivity contribution in [2.24, 2.45) is 0 Å². The van der Waals surface area contributed by atoms with E-state index in [4.69, 9.17) is 11.6 Å². The van der Waals surface area contributed by atoms with Gasteiger partial charge in [-0.15, -0.1) is 10.2 Å². The lowest BCUT2D eigenvalue weighted by Gasteiger charge is -2.36. The van der Waals surface area contributed by atoms with Crippen LogP contribution in [0.2, 0.25) is 5.02 Å². The molecule has 1 fully saturated rings. The summed E-state index contributed by atoms with van der Waals surface area (Å²) in [5.41, 5.74) is 1.00. The Labute approximate surface area is 163 Å². The summed E-state index contributed by atoms with van der Waals surface area (Å²) in [5, 5.41) is 7.90. The molecular weight excluding hydrogens is 403 g/mol. The molecule has 2 aromatic rings. The fraction of sp³-hybridized carbons (Fsp3) is 0.438. The molecule has 27 heavy (non-hydrogen) atoms. The van der Waals surface area contributed by atoms with E-state index in [0.717, 1.165) is 28.3 Å². The summed E-state index contributed by atoms with van der Waals surface area (Å²) in [4.78, 5) is 16.2. The maximum atomic E-state index is 12.5. The van der Waals surface area contributed by atoms with Gasteiger partial charge in [0.05, 0.1) is 5.75 Å². The van der Waals surface area contributed by atoms with Crippen LogP contribution in [0.3, 0.4) is 0 Å². The zero-order chi connectivity index (χ0) is 19.4. The van der Waals surface area contributed by atoms with Crippen LogP contribution >= 0.6 is 23.4 Å². The summed E-state index contributed by atoms with van der Waals surface area (Å²) in [5.74, 6) is -0.111. The topological polar surface area (TPSA) is 54.3 Å². The van der Waals surface area contributed by atoms with Gasteiger partial charge >= 0.3 is 6.18 Å². The lowest BCUT2D eigenvalue weighted by molar-refractivity contribution is -0.142. The van der Waals surface area contributed by atoms with Gasteiger partial charge < -0.3 is 9.80 Å². The molecule has 1 aromatic heterocycles. The minimum Gasteiger partial charge on any atom is -0.368 e. The largest absolute Gasteiger partial charge is 0.406 e. The van der Waals surface area contributed by atoms with Crippen LogP contribution in [0.1, 0.15) is 0 Å². The van der Waals surface area contributed by atoms with Crippen LogP contribution in [-0.4, -0.2) is 63.7 Å². The van der Waals surface area contributed by atoms with Gasteiger partial charge in [-0.2, -0.15) is 13.2 Å². The molecule has 0 unspecified atom stereocenters. The summed E-state index contributed by atoms with van der Waals surface area (Å²) in [6, 6.07) is 7.53. The zero-order valence-corrected chi connectivity index (χ0v) is 15.8. The standard InChI is InChI=1S/C16H17ClF3N5OS/c17-12-2-1-3-13(8-12)23-4-6-24(7-5-23)14(26)9-27-15-22-21-11-25(15)10-16(18,19)20/h1-3,8,11H,4-7,9-10H2. The first kappa shape index (κ1) is 19.8. The van der Waals surface area contributed by atoms with E-state index in [1.165, 1.54) is 0 Å². The average Bonchev–Trinajstić information content (AvgIpc) is 3.05. The third-order valence-corrected chi connectivity index (χ3v) is 5.26. The molecule has 0 spiro atoms. The fourth-order valence-electron chi connectivity index (χ4n) is 2.76. The van der Waals surface area contributed by atoms with Crippen LogP contribution < -0.4 is 4.90 Å². The number of benzene rings is 1. The second kappa shape index (κ2) is 8.39. The molecule has 0 aliphatic carbocycles. The maximum absolute atomic E-state index is 12.5. The number of piperazine rings is 1. The van der Waals surface area contributed by atoms with Crippen molar-refractivity contribution in [2.45, 2.75) is 17.9 Å². The summed E-state index contributed by atoms with van der Waals surface area (Å²) in [6.45, 7) is 1.25. The number of halogens is 4. The van der Waals surface area contributed by atoms with E-state index in [1.54, 1.807) is 11.0 Å². The molecule has 2 heterocycles. The predicted octanol–water partition coefficient (Wildman–Crippen LogP) is 2.93. The number of rotatable bonds is 5. The van der Waals surface area contributed by atoms with E-state index in [9.17, 15) is 18.0 Å². The van der Waals surface area contributed by atoms with Gasteiger partial charge in [0.1, 0.15) is 12.9 Å². The Kier molecular flexibility index (Phi) is 6.15. The van der Waals surface area contributed by atoms with Crippen molar-refractivity contribution in [3.8, 4) is 0 Å². The SMILES string of the molecule is O=C(CSc1nncn1CC(F)(F)F)N1CCN(c2cccc(Cl)c2)CC1. The molecule has 0 radical (unpaired) electrons. The Bertz CT molecular complexity index is 792. The minimum absolute atomic E-state index is 0.0215. The number of carbonyl (C=O) groups is 1. The molecule has 3 rings (SSSR count). The summed E-state index contributed by atoms with van der Waals surface area (Å²) >= 11 is 6.97. The number of hydrogen-bond donors (Lipinski definition) is 0. The quantitative estimate of drug-likeness (QED) is 0.697. The van der Waals surface area contributed by atoms with Crippen molar-refractivity contribution in [1.29, 1.82) is 0 Å². The number of carbonyl (C=O) groups excluding carboxylic acids is 1. The first-order valence-corrected chi connectivity index (χ1v) is 9.54. The normalized spacial score (nSPS) is 15.3. The van der Waals surface area contributed by atoms with Crippen LogP contribution in [0.4, 0.5) is 18.9 Å². The summed E-state index contributed by atoms with van der Waals surface area (Å²) < 4.78 is 38.4. The van der Waals surface area contributed by atoms with E-state index in [2.05, 4.69) is 15.1 Å². The smallest absolute Gasteiger partial charge is 0.368 e. The molecule has 1 aliphatic heterocycles. The predicted molar refractivity (Wildman–Crippen MR) is 97.0 cm³/mol. The van der Waals surface area contributed by atoms with Crippen molar-refractivity contribution in [3.05, 3.63) is 35.6 Å². The molecule has 1 aromatic carbocycles. The third kappa shape index (κ3) is 5.52. The van der Waals surface area contributed by atoms with Crippen LogP contribution in [0.15, 0.2) is 35.7 Å². The monoisotopic (exact) mass is 419 g/mol. The van der Waals surface area contributed by atoms with E-state index in [-0.39, 0.29) is 16.8 Å². The lowest BCUT2D eigenvalue weighted by Crippen LogP contribution is -2.49. The van der Waals surface area contributed by atoms with Crippen molar-refractivity contribution in [3.63, 3.8) is 0 Å². The second-order valence-electron chi connectivity index (χ2n) is 5.99. The Morgan fingerprint density at radius 1 is 1.22 bits per heavy atom. The highest BCUT2D eigenvalue weighted by Gasteiger charge is 2.29. The van der Waals surface area contributed by atoms with Gasteiger partial charge in [-0.1, -0.05) is 29.4 Å². The molecule has 1 saturated heterocycles. The Morgan fingerprint density at radius 3 is 2.63 bits per heavy atom. The van der Waals surface area contributed by atoms with Crippen LogP contribution in [0.25, 0.3) is 0 Å². The van der Waals surface area contributed by atoms with Gasteiger partial charge in [0.2, 0.25) is 5.91 Å². The molecule has 0 atom stereocenters. The van der Waals surface area contributed by atoms with Gasteiger partial charge in [-0.25, -0.2) is 0 Å². The molecule has 146 valence electrons. The van der Waals surface area contributed by atoms with Crippen molar-refractivity contribution in [1.82, 2.24) is 19.7 Å². The van der Waals surface area contributed by atoms with Crippen LogP contribution in [0, 0.1) is 0 Å². The highest BCUT2D eigenvalue weighted by molar-refractivity contribution is 7.99. The van der Waals surface area contributed by atoms with Crippen molar-refractivity contribution in [2.75, 3.05) is 36.8 Å². The Hall–Kier alpha value is -1.94. The number of anilines is 1. The van der Waals surface area contributed by atoms with Gasteiger partial charge in [0.25, 0.3) is 0 Å². The Balaban J connectivity index is 1.50. The fourth-order valence-corrected chi connectivity index (χ4v) is 3.76. The van der Waals surface area contributed by atoms with Crippen molar-refractivity contribution >= 4 is 35.0 Å². The summed E-state index contributed by atoms with van der Waals surface area (Å²) in [7, 11) is 0. The number of amides is 1. The summed E-state index contributed by atoms with van der Waals surface area (Å²) in [6.07, 6.45) is -3.34. The number of thioether (sulfide) groups is 1. The number of aromatic nitrogens is 3. The number of alkyl halides is 3. The minimum atomic E-state index is -4.36. The maximum Gasteiger partial charge on any atom is 0.406 e. The van der Waals surface area contributed by atoms with Gasteiger partial charge in [-0.3, -0.25) is 9.36 Å². The Morgan fingerprint density at radius 2 is 1.96 bits per heavy atom. The molecule has 1 aliphatic rings. The molecule has 0 saturated carbocycles. The van der Waals surface area contributed by atoms with Crippen molar-refractivity contribution < 1.29 is 18.0 Å². The number of hydrogen-bond acceptors (Lipinski definition) is 5. The van der Waals surface area contributed by atoms with E-state index < -0.39 is 12.7 Å². The van der Waals surface area contributed by atoms with Crippen LogP contribution in [-0.2, 0) is 11.3 Å². The van der Waals surface area contributed by atoms with E-state index >= 15 is 0 Å². The van der Waals surface area contributed by atoms with E-state index in [1.807, 2.05) is 18.2 Å². The molecule has 1 amide bonds. The van der Waals surface area contributed by atoms with E-state index in [0.29, 0.717) is 31.2 Å². The second-order valence-corrected chi connectivity index (χ2v) is 7.37. The zero-order valence-electron chi connectivity index (χ0n) is 14.2. The molecule has 0 N–H and O–H groups in total. The lowest BCUT2D eigenvalue weighted by atomic mass is 10.2. The van der Waals surface area contributed by atoms with Gasteiger partial charge in [0.15, 0.2) is 5.16 Å². The van der Waals surface area contributed by atoms with Crippen LogP contribution in [0.5, 0.6) is 0 Å². The third-order valence-electron chi connectivity index (χ3n) is 4.06.